The van der Waals surface area contributed by atoms with E-state index in [9.17, 15) is 0 Å². The molecule has 3 rings (SSSR count). The summed E-state index contributed by atoms with van der Waals surface area (Å²) in [4.78, 5) is 5.05. The van der Waals surface area contributed by atoms with Crippen molar-refractivity contribution in [3.63, 3.8) is 0 Å². The van der Waals surface area contributed by atoms with Crippen LogP contribution in [0.4, 0.5) is 5.69 Å². The van der Waals surface area contributed by atoms with Crippen LogP contribution in [-0.4, -0.2) is 37.1 Å². The van der Waals surface area contributed by atoms with Crippen molar-refractivity contribution in [2.24, 2.45) is 0 Å². The zero-order valence-corrected chi connectivity index (χ0v) is 13.1. The highest BCUT2D eigenvalue weighted by atomic mass is 35.5. The second-order valence-electron chi connectivity index (χ2n) is 6.09. The minimum Gasteiger partial charge on any atom is -0.370 e. The summed E-state index contributed by atoms with van der Waals surface area (Å²) in [6.07, 6.45) is 6.56. The van der Waals surface area contributed by atoms with Gasteiger partial charge in [0.05, 0.1) is 22.3 Å². The Balaban J connectivity index is 1.61. The third-order valence-electron chi connectivity index (χ3n) is 4.79. The minimum absolute atomic E-state index is 0.631. The number of piperidine rings is 2. The predicted molar refractivity (Wildman–Crippen MR) is 86.8 cm³/mol. The number of benzene rings is 1. The van der Waals surface area contributed by atoms with Crippen LogP contribution in [0.3, 0.4) is 0 Å². The summed E-state index contributed by atoms with van der Waals surface area (Å²) in [6, 6.07) is 8.51. The third kappa shape index (κ3) is 3.33. The minimum atomic E-state index is 0.631. The average Bonchev–Trinajstić information content (AvgIpc) is 2.56. The molecule has 0 radical (unpaired) electrons. The van der Waals surface area contributed by atoms with Crippen LogP contribution in [0, 0.1) is 11.3 Å². The lowest BCUT2D eigenvalue weighted by molar-refractivity contribution is 0.141. The van der Waals surface area contributed by atoms with Gasteiger partial charge in [-0.25, -0.2) is 0 Å². The molecule has 2 aliphatic rings. The third-order valence-corrected chi connectivity index (χ3v) is 5.09. The topological polar surface area (TPSA) is 30.3 Å². The first kappa shape index (κ1) is 14.7. The summed E-state index contributed by atoms with van der Waals surface area (Å²) in [6.45, 7) is 4.68. The SMILES string of the molecule is N#Cc1ccc(N2CCC(N3CCCCC3)CC2)c(Cl)c1. The molecular formula is C17H22ClN3. The number of hydrogen-bond donors (Lipinski definition) is 0. The highest BCUT2D eigenvalue weighted by Crippen LogP contribution is 2.30. The molecule has 0 atom stereocenters. The van der Waals surface area contributed by atoms with Crippen LogP contribution in [0.25, 0.3) is 0 Å². The van der Waals surface area contributed by atoms with Crippen LogP contribution >= 0.6 is 11.6 Å². The Morgan fingerprint density at radius 2 is 1.76 bits per heavy atom. The lowest BCUT2D eigenvalue weighted by atomic mass is 9.99. The molecule has 0 bridgehead atoms. The predicted octanol–water partition coefficient (Wildman–Crippen LogP) is 3.67. The first-order valence-corrected chi connectivity index (χ1v) is 8.34. The van der Waals surface area contributed by atoms with Gasteiger partial charge in [-0.15, -0.1) is 0 Å². The van der Waals surface area contributed by atoms with Crippen LogP contribution in [0.2, 0.25) is 5.02 Å². The van der Waals surface area contributed by atoms with Crippen LogP contribution in [0.5, 0.6) is 0 Å². The summed E-state index contributed by atoms with van der Waals surface area (Å²) in [5.74, 6) is 0. The molecule has 0 unspecified atom stereocenters. The zero-order chi connectivity index (χ0) is 14.7. The number of likely N-dealkylation sites (tertiary alicyclic amines) is 1. The molecule has 1 aromatic carbocycles. The summed E-state index contributed by atoms with van der Waals surface area (Å²) >= 11 is 6.32. The molecule has 112 valence electrons. The van der Waals surface area contributed by atoms with Crippen molar-refractivity contribution in [1.29, 1.82) is 5.26 Å². The van der Waals surface area contributed by atoms with E-state index in [0.717, 1.165) is 24.8 Å². The molecule has 0 N–H and O–H groups in total. The van der Waals surface area contributed by atoms with Gasteiger partial charge in [0.1, 0.15) is 0 Å². The van der Waals surface area contributed by atoms with E-state index in [1.807, 2.05) is 12.1 Å². The van der Waals surface area contributed by atoms with E-state index in [0.29, 0.717) is 10.6 Å². The molecule has 21 heavy (non-hydrogen) atoms. The molecule has 3 nitrogen and oxygen atoms in total. The maximum atomic E-state index is 8.91. The maximum Gasteiger partial charge on any atom is 0.0992 e. The van der Waals surface area contributed by atoms with Crippen LogP contribution in [0.1, 0.15) is 37.7 Å². The highest BCUT2D eigenvalue weighted by Gasteiger charge is 2.26. The largest absolute Gasteiger partial charge is 0.370 e. The van der Waals surface area contributed by atoms with Gasteiger partial charge < -0.3 is 9.80 Å². The number of rotatable bonds is 2. The standard InChI is InChI=1S/C17H22ClN3/c18-16-12-14(13-19)4-5-17(16)21-10-6-15(7-11-21)20-8-2-1-3-9-20/h4-5,12,15H,1-3,6-11H2. The van der Waals surface area contributed by atoms with Gasteiger partial charge in [0, 0.05) is 19.1 Å². The van der Waals surface area contributed by atoms with E-state index in [1.165, 1.54) is 45.2 Å². The van der Waals surface area contributed by atoms with E-state index < -0.39 is 0 Å². The Morgan fingerprint density at radius 3 is 2.38 bits per heavy atom. The fourth-order valence-electron chi connectivity index (χ4n) is 3.59. The summed E-state index contributed by atoms with van der Waals surface area (Å²) in [5, 5.41) is 9.61. The van der Waals surface area contributed by atoms with Gasteiger partial charge in [-0.3, -0.25) is 0 Å². The molecule has 4 heteroatoms. The Kier molecular flexibility index (Phi) is 4.67. The quantitative estimate of drug-likeness (QED) is 0.835. The fourth-order valence-corrected chi connectivity index (χ4v) is 3.89. The molecule has 0 aromatic heterocycles. The van der Waals surface area contributed by atoms with E-state index in [2.05, 4.69) is 15.9 Å². The molecule has 0 aliphatic carbocycles. The Bertz CT molecular complexity index is 523. The maximum absolute atomic E-state index is 8.91. The second kappa shape index (κ2) is 6.68. The van der Waals surface area contributed by atoms with E-state index in [1.54, 1.807) is 6.07 Å². The van der Waals surface area contributed by atoms with Gasteiger partial charge in [-0.1, -0.05) is 18.0 Å². The normalized spacial score (nSPS) is 21.2. The molecular weight excluding hydrogens is 282 g/mol. The Morgan fingerprint density at radius 1 is 1.05 bits per heavy atom. The monoisotopic (exact) mass is 303 g/mol. The number of nitrogens with zero attached hydrogens (tertiary/aromatic N) is 3. The van der Waals surface area contributed by atoms with Crippen LogP contribution in [-0.2, 0) is 0 Å². The van der Waals surface area contributed by atoms with Crippen molar-refractivity contribution < 1.29 is 0 Å². The molecule has 2 heterocycles. The smallest absolute Gasteiger partial charge is 0.0992 e. The highest BCUT2D eigenvalue weighted by molar-refractivity contribution is 6.33. The zero-order valence-electron chi connectivity index (χ0n) is 12.4. The summed E-state index contributed by atoms with van der Waals surface area (Å²) in [5.41, 5.74) is 1.71. The molecule has 0 spiro atoms. The average molecular weight is 304 g/mol. The number of nitriles is 1. The Hall–Kier alpha value is -1.24. The van der Waals surface area contributed by atoms with Crippen LogP contribution < -0.4 is 4.90 Å². The molecule has 0 saturated carbocycles. The van der Waals surface area contributed by atoms with Crippen molar-refractivity contribution >= 4 is 17.3 Å². The van der Waals surface area contributed by atoms with E-state index in [-0.39, 0.29) is 0 Å². The Labute approximate surface area is 132 Å². The molecule has 2 fully saturated rings. The first-order valence-electron chi connectivity index (χ1n) is 7.96. The van der Waals surface area contributed by atoms with Gasteiger partial charge >= 0.3 is 0 Å². The molecule has 2 aliphatic heterocycles. The summed E-state index contributed by atoms with van der Waals surface area (Å²) in [7, 11) is 0. The van der Waals surface area contributed by atoms with Gasteiger partial charge in [-0.2, -0.15) is 5.26 Å². The first-order chi connectivity index (χ1) is 10.3. The van der Waals surface area contributed by atoms with Gasteiger partial charge in [0.25, 0.3) is 0 Å². The summed E-state index contributed by atoms with van der Waals surface area (Å²) < 4.78 is 0. The fraction of sp³-hybridized carbons (Fsp3) is 0.588. The van der Waals surface area contributed by atoms with Crippen molar-refractivity contribution in [3.8, 4) is 6.07 Å². The number of halogens is 1. The number of anilines is 1. The van der Waals surface area contributed by atoms with Gasteiger partial charge in [0.15, 0.2) is 0 Å². The molecule has 0 amide bonds. The van der Waals surface area contributed by atoms with E-state index >= 15 is 0 Å². The van der Waals surface area contributed by atoms with Crippen molar-refractivity contribution in [2.45, 2.75) is 38.1 Å². The lowest BCUT2D eigenvalue weighted by Crippen LogP contribution is -2.46. The van der Waals surface area contributed by atoms with Gasteiger partial charge in [-0.05, 0) is 57.0 Å². The van der Waals surface area contributed by atoms with Crippen molar-refractivity contribution in [3.05, 3.63) is 28.8 Å². The van der Waals surface area contributed by atoms with Crippen molar-refractivity contribution in [1.82, 2.24) is 4.90 Å². The van der Waals surface area contributed by atoms with Crippen molar-refractivity contribution in [2.75, 3.05) is 31.1 Å². The second-order valence-corrected chi connectivity index (χ2v) is 6.50. The lowest BCUT2D eigenvalue weighted by Gasteiger charge is -2.41. The van der Waals surface area contributed by atoms with Crippen LogP contribution in [0.15, 0.2) is 18.2 Å². The molecule has 2 saturated heterocycles. The van der Waals surface area contributed by atoms with Gasteiger partial charge in [0.2, 0.25) is 0 Å². The number of hydrogen-bond acceptors (Lipinski definition) is 3. The van der Waals surface area contributed by atoms with E-state index in [4.69, 9.17) is 16.9 Å². The molecule has 1 aromatic rings.